The van der Waals surface area contributed by atoms with Crippen molar-refractivity contribution in [2.24, 2.45) is 0 Å². The van der Waals surface area contributed by atoms with Crippen molar-refractivity contribution in [3.05, 3.63) is 53.0 Å². The van der Waals surface area contributed by atoms with Crippen molar-refractivity contribution >= 4 is 11.7 Å². The van der Waals surface area contributed by atoms with E-state index >= 15 is 0 Å². The molecule has 0 bridgehead atoms. The molecule has 1 amide bonds. The summed E-state index contributed by atoms with van der Waals surface area (Å²) >= 11 is 0. The fourth-order valence-corrected chi connectivity index (χ4v) is 5.06. The van der Waals surface area contributed by atoms with Crippen molar-refractivity contribution in [2.45, 2.75) is 77.8 Å². The number of carbonyl (C=O) groups is 1. The molecule has 2 fully saturated rings. The number of nitrogens with zero attached hydrogens (tertiary/aromatic N) is 4. The molecule has 2 aliphatic rings. The van der Waals surface area contributed by atoms with Gasteiger partial charge < -0.3 is 15.1 Å². The van der Waals surface area contributed by atoms with Gasteiger partial charge in [0.05, 0.1) is 0 Å². The fourth-order valence-electron chi connectivity index (χ4n) is 5.06. The quantitative estimate of drug-likeness (QED) is 0.711. The summed E-state index contributed by atoms with van der Waals surface area (Å²) in [5.74, 6) is 0.771. The molecule has 0 spiro atoms. The molecule has 6 heteroatoms. The van der Waals surface area contributed by atoms with Gasteiger partial charge in [0.15, 0.2) is 0 Å². The minimum absolute atomic E-state index is 0.0366. The van der Waals surface area contributed by atoms with E-state index in [1.54, 1.807) is 0 Å². The van der Waals surface area contributed by atoms with Crippen LogP contribution >= 0.6 is 0 Å². The second-order valence-electron chi connectivity index (χ2n) is 10.6. The van der Waals surface area contributed by atoms with Crippen LogP contribution in [0.3, 0.4) is 0 Å². The zero-order valence-electron chi connectivity index (χ0n) is 20.7. The van der Waals surface area contributed by atoms with E-state index in [1.165, 1.54) is 49.8 Å². The average Bonchev–Trinajstić information content (AvgIpc) is 3.22. The molecule has 1 aromatic carbocycles. The lowest BCUT2D eigenvalue weighted by molar-refractivity contribution is 0.0751. The maximum Gasteiger partial charge on any atom is 0.272 e. The minimum atomic E-state index is 0.0366. The van der Waals surface area contributed by atoms with Gasteiger partial charge in [0.1, 0.15) is 17.8 Å². The van der Waals surface area contributed by atoms with Crippen molar-refractivity contribution in [3.8, 4) is 0 Å². The molecule has 2 aromatic rings. The Bertz CT molecular complexity index is 944. The van der Waals surface area contributed by atoms with Gasteiger partial charge in [0.2, 0.25) is 0 Å². The zero-order valence-corrected chi connectivity index (χ0v) is 20.7. The number of amides is 1. The second kappa shape index (κ2) is 10.2. The van der Waals surface area contributed by atoms with Crippen LogP contribution in [-0.4, -0.2) is 57.9 Å². The van der Waals surface area contributed by atoms with Gasteiger partial charge in [-0.25, -0.2) is 9.97 Å². The number of likely N-dealkylation sites (tertiary alicyclic amines) is 2. The molecule has 1 atom stereocenters. The van der Waals surface area contributed by atoms with E-state index in [9.17, 15) is 4.79 Å². The highest BCUT2D eigenvalue weighted by Gasteiger charge is 2.28. The first-order chi connectivity index (χ1) is 15.8. The third-order valence-corrected chi connectivity index (χ3v) is 7.21. The predicted octanol–water partition coefficient (Wildman–Crippen LogP) is 4.79. The molecule has 6 nitrogen and oxygen atoms in total. The molecule has 2 aliphatic heterocycles. The van der Waals surface area contributed by atoms with Crippen LogP contribution in [0.15, 0.2) is 30.6 Å². The molecule has 0 aliphatic carbocycles. The highest BCUT2D eigenvalue weighted by Crippen LogP contribution is 2.24. The van der Waals surface area contributed by atoms with Crippen molar-refractivity contribution in [2.75, 3.05) is 31.5 Å². The Kier molecular flexibility index (Phi) is 7.32. The van der Waals surface area contributed by atoms with E-state index in [0.29, 0.717) is 18.3 Å². The smallest absolute Gasteiger partial charge is 0.272 e. The molecule has 4 rings (SSSR count). The van der Waals surface area contributed by atoms with Gasteiger partial charge in [-0.3, -0.25) is 4.79 Å². The van der Waals surface area contributed by atoms with Crippen LogP contribution in [0.1, 0.15) is 80.1 Å². The molecule has 0 saturated carbocycles. The number of nitrogens with one attached hydrogen (secondary N) is 1. The molecule has 1 aromatic heterocycles. The lowest BCUT2D eigenvalue weighted by atomic mass is 9.87. The Morgan fingerprint density at radius 2 is 1.73 bits per heavy atom. The first-order valence-electron chi connectivity index (χ1n) is 12.5. The van der Waals surface area contributed by atoms with Crippen molar-refractivity contribution in [1.29, 1.82) is 0 Å². The number of hydrogen-bond donors (Lipinski definition) is 1. The van der Waals surface area contributed by atoms with Gasteiger partial charge in [0.25, 0.3) is 5.91 Å². The van der Waals surface area contributed by atoms with Gasteiger partial charge in [0, 0.05) is 31.2 Å². The molecule has 2 saturated heterocycles. The number of carbonyl (C=O) groups excluding carboxylic acids is 1. The highest BCUT2D eigenvalue weighted by molar-refractivity contribution is 5.94. The summed E-state index contributed by atoms with van der Waals surface area (Å²) in [5.41, 5.74) is 4.01. The van der Waals surface area contributed by atoms with Gasteiger partial charge >= 0.3 is 0 Å². The zero-order chi connectivity index (χ0) is 23.4. The standard InChI is InChI=1S/C27H39N5O/c1-20-24(26(33)32-16-7-8-23(13-17-32)31-14-5-6-15-31)29-19-30-25(20)28-18-21-9-11-22(12-10-21)27(2,3)4/h9-12,19,23H,5-8,13-18H2,1-4H3,(H,28,29,30). The van der Waals surface area contributed by atoms with Gasteiger partial charge in [-0.2, -0.15) is 0 Å². The SMILES string of the molecule is Cc1c(NCc2ccc(C(C)(C)C)cc2)ncnc1C(=O)N1CCCC(N2CCCC2)CC1. The summed E-state index contributed by atoms with van der Waals surface area (Å²) < 4.78 is 0. The Hall–Kier alpha value is -2.47. The largest absolute Gasteiger partial charge is 0.366 e. The monoisotopic (exact) mass is 449 g/mol. The normalized spacial score (nSPS) is 20.0. The molecule has 0 radical (unpaired) electrons. The average molecular weight is 450 g/mol. The van der Waals surface area contributed by atoms with Crippen molar-refractivity contribution in [3.63, 3.8) is 0 Å². The lowest BCUT2D eigenvalue weighted by Gasteiger charge is -2.26. The molecule has 178 valence electrons. The van der Waals surface area contributed by atoms with Crippen LogP contribution in [0.2, 0.25) is 0 Å². The minimum Gasteiger partial charge on any atom is -0.366 e. The Labute approximate surface area is 198 Å². The van der Waals surface area contributed by atoms with Crippen LogP contribution in [0.4, 0.5) is 5.82 Å². The summed E-state index contributed by atoms with van der Waals surface area (Å²) in [5, 5.41) is 3.41. The van der Waals surface area contributed by atoms with E-state index in [-0.39, 0.29) is 11.3 Å². The summed E-state index contributed by atoms with van der Waals surface area (Å²) in [6.45, 7) is 13.3. The number of aromatic nitrogens is 2. The Morgan fingerprint density at radius 3 is 2.42 bits per heavy atom. The number of benzene rings is 1. The highest BCUT2D eigenvalue weighted by atomic mass is 16.2. The molecule has 3 heterocycles. The van der Waals surface area contributed by atoms with Crippen LogP contribution < -0.4 is 5.32 Å². The van der Waals surface area contributed by atoms with E-state index in [4.69, 9.17) is 0 Å². The molecule has 1 N–H and O–H groups in total. The fraction of sp³-hybridized carbons (Fsp3) is 0.593. The summed E-state index contributed by atoms with van der Waals surface area (Å²) in [6, 6.07) is 9.31. The van der Waals surface area contributed by atoms with Crippen LogP contribution in [0.25, 0.3) is 0 Å². The first kappa shape index (κ1) is 23.7. The van der Waals surface area contributed by atoms with E-state index in [1.807, 2.05) is 11.8 Å². The summed E-state index contributed by atoms with van der Waals surface area (Å²) in [4.78, 5) is 26.8. The van der Waals surface area contributed by atoms with Crippen LogP contribution in [-0.2, 0) is 12.0 Å². The van der Waals surface area contributed by atoms with Gasteiger partial charge in [-0.05, 0) is 68.7 Å². The Balaban J connectivity index is 1.39. The molecular weight excluding hydrogens is 410 g/mol. The number of rotatable bonds is 5. The van der Waals surface area contributed by atoms with Crippen molar-refractivity contribution in [1.82, 2.24) is 19.8 Å². The van der Waals surface area contributed by atoms with Gasteiger partial charge in [-0.15, -0.1) is 0 Å². The number of hydrogen-bond acceptors (Lipinski definition) is 5. The first-order valence-corrected chi connectivity index (χ1v) is 12.5. The topological polar surface area (TPSA) is 61.4 Å². The predicted molar refractivity (Wildman–Crippen MR) is 134 cm³/mol. The van der Waals surface area contributed by atoms with E-state index in [2.05, 4.69) is 65.2 Å². The van der Waals surface area contributed by atoms with Crippen molar-refractivity contribution < 1.29 is 4.79 Å². The molecule has 33 heavy (non-hydrogen) atoms. The van der Waals surface area contributed by atoms with E-state index in [0.717, 1.165) is 37.3 Å². The molecular formula is C27H39N5O. The molecule has 1 unspecified atom stereocenters. The van der Waals surface area contributed by atoms with E-state index < -0.39 is 0 Å². The maximum atomic E-state index is 13.4. The summed E-state index contributed by atoms with van der Waals surface area (Å²) in [7, 11) is 0. The third-order valence-electron chi connectivity index (χ3n) is 7.21. The Morgan fingerprint density at radius 1 is 1.00 bits per heavy atom. The van der Waals surface area contributed by atoms with Crippen LogP contribution in [0.5, 0.6) is 0 Å². The number of anilines is 1. The van der Waals surface area contributed by atoms with Gasteiger partial charge in [-0.1, -0.05) is 45.0 Å². The second-order valence-corrected chi connectivity index (χ2v) is 10.6. The summed E-state index contributed by atoms with van der Waals surface area (Å²) in [6.07, 6.45) is 7.45. The van der Waals surface area contributed by atoms with Crippen LogP contribution in [0, 0.1) is 6.92 Å². The maximum absolute atomic E-state index is 13.4. The lowest BCUT2D eigenvalue weighted by Crippen LogP contribution is -2.36. The third kappa shape index (κ3) is 5.72.